The van der Waals surface area contributed by atoms with Gasteiger partial charge in [0.2, 0.25) is 0 Å². The molecule has 112 valence electrons. The van der Waals surface area contributed by atoms with Crippen LogP contribution in [0, 0.1) is 11.6 Å². The molecule has 0 fully saturated rings. The third-order valence-corrected chi connectivity index (χ3v) is 2.83. The molecular weight excluding hydrogens is 291 g/mol. The minimum atomic E-state index is -4.73. The number of hydrogen-bond acceptors (Lipinski definition) is 1. The summed E-state index contributed by atoms with van der Waals surface area (Å²) in [6.07, 6.45) is -4.73. The van der Waals surface area contributed by atoms with Crippen molar-refractivity contribution in [1.82, 2.24) is 0 Å². The van der Waals surface area contributed by atoms with E-state index in [1.165, 1.54) is 12.1 Å². The first kappa shape index (κ1) is 15.2. The van der Waals surface area contributed by atoms with Crippen molar-refractivity contribution in [3.63, 3.8) is 0 Å². The minimum absolute atomic E-state index is 0.0275. The van der Waals surface area contributed by atoms with Crippen LogP contribution < -0.4 is 5.32 Å². The smallest absolute Gasteiger partial charge is 0.418 e. The summed E-state index contributed by atoms with van der Waals surface area (Å²) in [4.78, 5) is 0. The first-order valence-electron chi connectivity index (χ1n) is 5.88. The predicted octanol–water partition coefficient (Wildman–Crippen LogP) is 5.28. The monoisotopic (exact) mass is 301 g/mol. The van der Waals surface area contributed by atoms with Crippen molar-refractivity contribution in [3.05, 3.63) is 64.9 Å². The Morgan fingerprint density at radius 1 is 1.00 bits per heavy atom. The molecule has 2 N–H and O–H groups in total. The number of halogens is 5. The molecule has 2 aromatic carbocycles. The Labute approximate surface area is 117 Å². The van der Waals surface area contributed by atoms with Crippen molar-refractivity contribution in [2.24, 2.45) is 0 Å². The van der Waals surface area contributed by atoms with Gasteiger partial charge in [0, 0.05) is 5.69 Å². The largest absolute Gasteiger partial charge is 0.674 e. The number of nitrogens with one attached hydrogen (secondary N) is 2. The van der Waals surface area contributed by atoms with Gasteiger partial charge in [-0.05, 0) is 29.8 Å². The number of anilines is 2. The van der Waals surface area contributed by atoms with Crippen LogP contribution in [0.25, 0.3) is 5.73 Å². The van der Waals surface area contributed by atoms with Crippen LogP contribution in [0.1, 0.15) is 11.1 Å². The van der Waals surface area contributed by atoms with Gasteiger partial charge in [-0.1, -0.05) is 12.1 Å². The number of benzene rings is 2. The molecule has 7 heteroatoms. The summed E-state index contributed by atoms with van der Waals surface area (Å²) in [7, 11) is 0. The van der Waals surface area contributed by atoms with Crippen LogP contribution in [-0.4, -0.2) is 0 Å². The molecule has 0 saturated carbocycles. The Balaban J connectivity index is 2.42. The van der Waals surface area contributed by atoms with Crippen molar-refractivity contribution < 1.29 is 22.0 Å². The molecule has 0 amide bonds. The first-order valence-corrected chi connectivity index (χ1v) is 5.88. The van der Waals surface area contributed by atoms with E-state index in [1.807, 2.05) is 0 Å². The Bertz CT molecular complexity index is 652. The summed E-state index contributed by atoms with van der Waals surface area (Å²) < 4.78 is 65.6. The summed E-state index contributed by atoms with van der Waals surface area (Å²) in [5.74, 6) is -1.82. The lowest BCUT2D eigenvalue weighted by Crippen LogP contribution is -2.10. The Kier molecular flexibility index (Phi) is 4.13. The molecule has 2 rings (SSSR count). The van der Waals surface area contributed by atoms with E-state index in [2.05, 4.69) is 5.32 Å². The molecule has 0 aliphatic carbocycles. The molecular formula is C14H10F5N2-. The molecule has 0 bridgehead atoms. The molecule has 0 aliphatic rings. The number of hydrogen-bond donors (Lipinski definition) is 1. The lowest BCUT2D eigenvalue weighted by molar-refractivity contribution is -0.137. The number of para-hydroxylation sites is 1. The molecule has 2 aromatic rings. The molecule has 21 heavy (non-hydrogen) atoms. The van der Waals surface area contributed by atoms with Crippen LogP contribution in [0.3, 0.4) is 0 Å². The van der Waals surface area contributed by atoms with Gasteiger partial charge < -0.3 is 11.1 Å². The van der Waals surface area contributed by atoms with Gasteiger partial charge in [-0.15, -0.1) is 6.54 Å². The van der Waals surface area contributed by atoms with Gasteiger partial charge in [0.05, 0.1) is 11.3 Å². The van der Waals surface area contributed by atoms with Crippen LogP contribution in [-0.2, 0) is 12.7 Å². The second kappa shape index (κ2) is 5.69. The van der Waals surface area contributed by atoms with Gasteiger partial charge in [0.15, 0.2) is 0 Å². The fraction of sp³-hybridized carbons (Fsp3) is 0.143. The zero-order valence-corrected chi connectivity index (χ0v) is 10.6. The van der Waals surface area contributed by atoms with Gasteiger partial charge in [0.25, 0.3) is 0 Å². The fourth-order valence-electron chi connectivity index (χ4n) is 1.80. The molecule has 0 radical (unpaired) electrons. The predicted molar refractivity (Wildman–Crippen MR) is 69.1 cm³/mol. The normalized spacial score (nSPS) is 11.5. The molecule has 0 unspecified atom stereocenters. The highest BCUT2D eigenvalue weighted by molar-refractivity contribution is 5.65. The average Bonchev–Trinajstić information content (AvgIpc) is 2.40. The molecule has 0 aromatic heterocycles. The van der Waals surface area contributed by atoms with Crippen LogP contribution in [0.2, 0.25) is 0 Å². The van der Waals surface area contributed by atoms with Crippen LogP contribution in [0.5, 0.6) is 0 Å². The van der Waals surface area contributed by atoms with Crippen molar-refractivity contribution in [2.45, 2.75) is 12.7 Å². The van der Waals surface area contributed by atoms with Crippen molar-refractivity contribution in [2.75, 3.05) is 5.32 Å². The maximum Gasteiger partial charge on any atom is 0.418 e. The van der Waals surface area contributed by atoms with E-state index in [1.54, 1.807) is 0 Å². The van der Waals surface area contributed by atoms with Gasteiger partial charge >= 0.3 is 6.18 Å². The van der Waals surface area contributed by atoms with E-state index in [9.17, 15) is 22.0 Å². The lowest BCUT2D eigenvalue weighted by Gasteiger charge is -2.16. The van der Waals surface area contributed by atoms with E-state index in [-0.39, 0.29) is 17.8 Å². The fourth-order valence-corrected chi connectivity index (χ4v) is 1.80. The zero-order chi connectivity index (χ0) is 15.6. The summed E-state index contributed by atoms with van der Waals surface area (Å²) in [6.45, 7) is -0.292. The number of rotatable bonds is 3. The van der Waals surface area contributed by atoms with E-state index in [4.69, 9.17) is 5.73 Å². The molecule has 0 atom stereocenters. The van der Waals surface area contributed by atoms with Gasteiger partial charge in [-0.2, -0.15) is 13.2 Å². The zero-order valence-electron chi connectivity index (χ0n) is 10.6. The van der Waals surface area contributed by atoms with Gasteiger partial charge in [-0.25, -0.2) is 8.78 Å². The Hall–Kier alpha value is -2.15. The maximum absolute atomic E-state index is 13.6. The van der Waals surface area contributed by atoms with Crippen molar-refractivity contribution in [3.8, 4) is 0 Å². The Morgan fingerprint density at radius 2 is 1.71 bits per heavy atom. The molecule has 0 heterocycles. The van der Waals surface area contributed by atoms with Crippen molar-refractivity contribution in [1.29, 1.82) is 0 Å². The summed E-state index contributed by atoms with van der Waals surface area (Å²) >= 11 is 0. The minimum Gasteiger partial charge on any atom is -0.674 e. The molecule has 0 saturated heterocycles. The van der Waals surface area contributed by atoms with Crippen LogP contribution in [0.15, 0.2) is 36.4 Å². The standard InChI is InChI=1S/C14H10F5N2/c15-11-3-1-2-10(14(17,18)19)13(11)21-9-5-4-8(7-20)12(16)6-9/h1-6,20-21H,7H2/q-1. The SMILES string of the molecule is [NH-]Cc1ccc(Nc2c(F)cccc2C(F)(F)F)cc1F. The highest BCUT2D eigenvalue weighted by Gasteiger charge is 2.34. The highest BCUT2D eigenvalue weighted by atomic mass is 19.4. The summed E-state index contributed by atoms with van der Waals surface area (Å²) in [5.41, 5.74) is 5.20. The van der Waals surface area contributed by atoms with Crippen LogP contribution >= 0.6 is 0 Å². The molecule has 0 aliphatic heterocycles. The maximum atomic E-state index is 13.6. The third-order valence-electron chi connectivity index (χ3n) is 2.83. The molecule has 2 nitrogen and oxygen atoms in total. The van der Waals surface area contributed by atoms with Crippen molar-refractivity contribution >= 4 is 11.4 Å². The summed E-state index contributed by atoms with van der Waals surface area (Å²) in [6, 6.07) is 6.05. The third kappa shape index (κ3) is 3.30. The quantitative estimate of drug-likeness (QED) is 0.769. The lowest BCUT2D eigenvalue weighted by atomic mass is 10.1. The summed E-state index contributed by atoms with van der Waals surface area (Å²) in [5, 5.41) is 2.24. The first-order chi connectivity index (χ1) is 9.82. The average molecular weight is 301 g/mol. The van der Waals surface area contributed by atoms with E-state index < -0.39 is 29.1 Å². The second-order valence-electron chi connectivity index (χ2n) is 4.27. The topological polar surface area (TPSA) is 35.8 Å². The van der Waals surface area contributed by atoms with Gasteiger partial charge in [0.1, 0.15) is 11.6 Å². The second-order valence-corrected chi connectivity index (χ2v) is 4.27. The van der Waals surface area contributed by atoms with E-state index in [0.717, 1.165) is 24.3 Å². The Morgan fingerprint density at radius 3 is 2.29 bits per heavy atom. The highest BCUT2D eigenvalue weighted by Crippen LogP contribution is 2.37. The van der Waals surface area contributed by atoms with Gasteiger partial charge in [-0.3, -0.25) is 0 Å². The molecule has 0 spiro atoms. The van der Waals surface area contributed by atoms with Crippen LogP contribution in [0.4, 0.5) is 33.3 Å². The van der Waals surface area contributed by atoms with E-state index >= 15 is 0 Å². The number of alkyl halides is 3. The van der Waals surface area contributed by atoms with E-state index in [0.29, 0.717) is 0 Å².